The first-order chi connectivity index (χ1) is 15.0. The molecule has 8 nitrogen and oxygen atoms in total. The van der Waals surface area contributed by atoms with Crippen LogP contribution in [0.2, 0.25) is 0 Å². The summed E-state index contributed by atoms with van der Waals surface area (Å²) >= 11 is 0. The van der Waals surface area contributed by atoms with Gasteiger partial charge in [-0.3, -0.25) is 14.0 Å². The molecule has 3 aliphatic rings. The number of sulfonamides is 1. The Morgan fingerprint density at radius 2 is 1.74 bits per heavy atom. The zero-order chi connectivity index (χ0) is 21.4. The van der Waals surface area contributed by atoms with Crippen molar-refractivity contribution in [2.45, 2.75) is 13.0 Å². The molecule has 0 spiro atoms. The molecule has 2 fully saturated rings. The van der Waals surface area contributed by atoms with E-state index in [0.717, 1.165) is 36.7 Å². The molecule has 0 atom stereocenters. The van der Waals surface area contributed by atoms with Gasteiger partial charge in [0.05, 0.1) is 11.4 Å². The van der Waals surface area contributed by atoms with Gasteiger partial charge in [0.1, 0.15) is 0 Å². The fourth-order valence-electron chi connectivity index (χ4n) is 4.31. The SMILES string of the molecule is O=C(c1cccc(N2CCCS2(=O)=O)c1)N1CCN(Cc2ccc3c(c2)OCO3)CC1. The van der Waals surface area contributed by atoms with Crippen molar-refractivity contribution in [1.82, 2.24) is 9.80 Å². The van der Waals surface area contributed by atoms with Crippen LogP contribution >= 0.6 is 0 Å². The molecule has 0 aromatic heterocycles. The third-order valence-electron chi connectivity index (χ3n) is 5.98. The average molecular weight is 444 g/mol. The predicted octanol–water partition coefficient (Wildman–Crippen LogP) is 1.91. The van der Waals surface area contributed by atoms with Crippen molar-refractivity contribution in [1.29, 1.82) is 0 Å². The minimum absolute atomic E-state index is 0.0545. The maximum atomic E-state index is 13.0. The first kappa shape index (κ1) is 20.1. The fourth-order valence-corrected chi connectivity index (χ4v) is 5.87. The molecule has 3 heterocycles. The number of hydrogen-bond acceptors (Lipinski definition) is 6. The Labute approximate surface area is 182 Å². The molecule has 2 saturated heterocycles. The number of ether oxygens (including phenoxy) is 2. The first-order valence-corrected chi connectivity index (χ1v) is 12.1. The average Bonchev–Trinajstić information content (AvgIpc) is 3.39. The summed E-state index contributed by atoms with van der Waals surface area (Å²) in [6.07, 6.45) is 0.617. The highest BCUT2D eigenvalue weighted by atomic mass is 32.2. The molecule has 0 saturated carbocycles. The predicted molar refractivity (Wildman–Crippen MR) is 116 cm³/mol. The zero-order valence-electron chi connectivity index (χ0n) is 17.2. The van der Waals surface area contributed by atoms with Gasteiger partial charge in [0.2, 0.25) is 16.8 Å². The van der Waals surface area contributed by atoms with E-state index in [0.29, 0.717) is 37.3 Å². The number of amides is 1. The minimum atomic E-state index is -3.26. The van der Waals surface area contributed by atoms with E-state index in [2.05, 4.69) is 4.90 Å². The fraction of sp³-hybridized carbons (Fsp3) is 0.409. The van der Waals surface area contributed by atoms with Gasteiger partial charge in [-0.25, -0.2) is 8.42 Å². The number of carbonyl (C=O) groups excluding carboxylic acids is 1. The van der Waals surface area contributed by atoms with Gasteiger partial charge in [-0.15, -0.1) is 0 Å². The Kier molecular flexibility index (Phi) is 5.23. The number of piperazine rings is 1. The minimum Gasteiger partial charge on any atom is -0.454 e. The molecule has 9 heteroatoms. The summed E-state index contributed by atoms with van der Waals surface area (Å²) in [5.74, 6) is 1.67. The molecule has 2 aromatic rings. The first-order valence-electron chi connectivity index (χ1n) is 10.5. The van der Waals surface area contributed by atoms with E-state index in [-0.39, 0.29) is 18.5 Å². The topological polar surface area (TPSA) is 79.4 Å². The van der Waals surface area contributed by atoms with Crippen LogP contribution in [0.1, 0.15) is 22.3 Å². The van der Waals surface area contributed by atoms with Crippen molar-refractivity contribution in [3.05, 3.63) is 53.6 Å². The van der Waals surface area contributed by atoms with Crippen LogP contribution in [0.15, 0.2) is 42.5 Å². The molecular weight excluding hydrogens is 418 g/mol. The molecule has 0 radical (unpaired) electrons. The largest absolute Gasteiger partial charge is 0.454 e. The number of hydrogen-bond donors (Lipinski definition) is 0. The van der Waals surface area contributed by atoms with Crippen LogP contribution in [0.5, 0.6) is 11.5 Å². The van der Waals surface area contributed by atoms with Crippen LogP contribution in [0.3, 0.4) is 0 Å². The van der Waals surface area contributed by atoms with Crippen LogP contribution in [0.25, 0.3) is 0 Å². The molecule has 2 aromatic carbocycles. The lowest BCUT2D eigenvalue weighted by Gasteiger charge is -2.35. The van der Waals surface area contributed by atoms with E-state index >= 15 is 0 Å². The maximum Gasteiger partial charge on any atom is 0.254 e. The Balaban J connectivity index is 1.21. The maximum absolute atomic E-state index is 13.0. The zero-order valence-corrected chi connectivity index (χ0v) is 18.0. The van der Waals surface area contributed by atoms with Crippen LogP contribution < -0.4 is 13.8 Å². The second-order valence-electron chi connectivity index (χ2n) is 8.05. The molecule has 5 rings (SSSR count). The lowest BCUT2D eigenvalue weighted by Crippen LogP contribution is -2.48. The molecule has 0 N–H and O–H groups in total. The van der Waals surface area contributed by atoms with E-state index in [1.165, 1.54) is 4.31 Å². The number of fused-ring (bicyclic) bond motifs is 1. The summed E-state index contributed by atoms with van der Waals surface area (Å²) in [5.41, 5.74) is 2.26. The number of nitrogens with zero attached hydrogens (tertiary/aromatic N) is 3. The Morgan fingerprint density at radius 3 is 2.52 bits per heavy atom. The van der Waals surface area contributed by atoms with E-state index in [1.807, 2.05) is 23.1 Å². The second-order valence-corrected chi connectivity index (χ2v) is 10.1. The van der Waals surface area contributed by atoms with Crippen LogP contribution in [-0.4, -0.2) is 69.4 Å². The Morgan fingerprint density at radius 1 is 0.935 bits per heavy atom. The third kappa shape index (κ3) is 4.07. The summed E-state index contributed by atoms with van der Waals surface area (Å²) in [4.78, 5) is 17.2. The highest BCUT2D eigenvalue weighted by Crippen LogP contribution is 2.33. The molecular formula is C22H25N3O5S. The molecule has 0 bridgehead atoms. The molecule has 0 aliphatic carbocycles. The van der Waals surface area contributed by atoms with Gasteiger partial charge in [0, 0.05) is 44.8 Å². The number of benzene rings is 2. The highest BCUT2D eigenvalue weighted by molar-refractivity contribution is 7.93. The highest BCUT2D eigenvalue weighted by Gasteiger charge is 2.29. The summed E-state index contributed by atoms with van der Waals surface area (Å²) in [6, 6.07) is 13.0. The van der Waals surface area contributed by atoms with Gasteiger partial charge in [0.15, 0.2) is 11.5 Å². The molecule has 31 heavy (non-hydrogen) atoms. The van der Waals surface area contributed by atoms with Gasteiger partial charge in [-0.1, -0.05) is 12.1 Å². The molecule has 164 valence electrons. The summed E-state index contributed by atoms with van der Waals surface area (Å²) < 4.78 is 36.6. The summed E-state index contributed by atoms with van der Waals surface area (Å²) in [6.45, 7) is 4.36. The monoisotopic (exact) mass is 443 g/mol. The van der Waals surface area contributed by atoms with Crippen LogP contribution in [0.4, 0.5) is 5.69 Å². The van der Waals surface area contributed by atoms with Crippen molar-refractivity contribution in [2.75, 3.05) is 49.6 Å². The lowest BCUT2D eigenvalue weighted by molar-refractivity contribution is 0.0628. The van der Waals surface area contributed by atoms with Crippen LogP contribution in [0, 0.1) is 0 Å². The van der Waals surface area contributed by atoms with Gasteiger partial charge in [-0.2, -0.15) is 0 Å². The van der Waals surface area contributed by atoms with Crippen LogP contribution in [-0.2, 0) is 16.6 Å². The quantitative estimate of drug-likeness (QED) is 0.718. The smallest absolute Gasteiger partial charge is 0.254 e. The normalized spacial score (nSPS) is 20.3. The van der Waals surface area contributed by atoms with E-state index in [9.17, 15) is 13.2 Å². The standard InChI is InChI=1S/C22H25N3O5S/c26-22(18-3-1-4-19(14-18)25-7-2-12-31(25,27)28)24-10-8-23(9-11-24)15-17-5-6-20-21(13-17)30-16-29-20/h1,3-6,13-14H,2,7-12,15-16H2. The van der Waals surface area contributed by atoms with Gasteiger partial charge in [0.25, 0.3) is 5.91 Å². The number of carbonyl (C=O) groups is 1. The second kappa shape index (κ2) is 8.05. The molecule has 0 unspecified atom stereocenters. The van der Waals surface area contributed by atoms with E-state index < -0.39 is 10.0 Å². The van der Waals surface area contributed by atoms with E-state index in [1.54, 1.807) is 24.3 Å². The van der Waals surface area contributed by atoms with Crippen molar-refractivity contribution in [2.24, 2.45) is 0 Å². The Hall–Kier alpha value is -2.78. The van der Waals surface area contributed by atoms with Gasteiger partial charge >= 0.3 is 0 Å². The lowest BCUT2D eigenvalue weighted by atomic mass is 10.1. The van der Waals surface area contributed by atoms with Crippen molar-refractivity contribution < 1.29 is 22.7 Å². The van der Waals surface area contributed by atoms with Crippen molar-refractivity contribution in [3.63, 3.8) is 0 Å². The van der Waals surface area contributed by atoms with Crippen molar-refractivity contribution in [3.8, 4) is 11.5 Å². The summed E-state index contributed by atoms with van der Waals surface area (Å²) in [7, 11) is -3.26. The molecule has 3 aliphatic heterocycles. The number of rotatable bonds is 4. The van der Waals surface area contributed by atoms with Gasteiger partial charge in [-0.05, 0) is 42.3 Å². The number of anilines is 1. The van der Waals surface area contributed by atoms with E-state index in [4.69, 9.17) is 9.47 Å². The molecule has 1 amide bonds. The van der Waals surface area contributed by atoms with Crippen molar-refractivity contribution >= 4 is 21.6 Å². The Bertz CT molecular complexity index is 1100. The van der Waals surface area contributed by atoms with Gasteiger partial charge < -0.3 is 14.4 Å². The summed E-state index contributed by atoms with van der Waals surface area (Å²) in [5, 5.41) is 0. The third-order valence-corrected chi connectivity index (χ3v) is 7.85.